The van der Waals surface area contributed by atoms with E-state index in [0.717, 1.165) is 39.1 Å². The van der Waals surface area contributed by atoms with E-state index in [9.17, 15) is 0 Å². The highest BCUT2D eigenvalue weighted by atomic mass is 28.5. The van der Waals surface area contributed by atoms with E-state index in [2.05, 4.69) is 41.5 Å². The molecule has 3 atom stereocenters. The monoisotopic (exact) mass is 600 g/mol. The van der Waals surface area contributed by atoms with Crippen LogP contribution in [0, 0.1) is 0 Å². The van der Waals surface area contributed by atoms with Gasteiger partial charge in [0.1, 0.15) is 0 Å². The Morgan fingerprint density at radius 1 is 0.487 bits per heavy atom. The molecule has 9 heteroatoms. The van der Waals surface area contributed by atoms with E-state index in [1.807, 2.05) is 0 Å². The van der Waals surface area contributed by atoms with Gasteiger partial charge in [-0.15, -0.1) is 0 Å². The van der Waals surface area contributed by atoms with Crippen LogP contribution in [-0.2, 0) is 26.6 Å². The van der Waals surface area contributed by atoms with Crippen LogP contribution in [0.3, 0.4) is 0 Å². The van der Waals surface area contributed by atoms with Crippen molar-refractivity contribution in [2.24, 2.45) is 0 Å². The Labute approximate surface area is 243 Å². The van der Waals surface area contributed by atoms with Crippen molar-refractivity contribution in [3.63, 3.8) is 0 Å². The second-order valence-electron chi connectivity index (χ2n) is 13.0. The van der Waals surface area contributed by atoms with E-state index in [0.29, 0.717) is 16.6 Å². The maximum atomic E-state index is 7.88. The molecule has 1 heterocycles. The zero-order valence-corrected chi connectivity index (χ0v) is 29.1. The molecule has 0 radical (unpaired) electrons. The smallest absolute Gasteiger partial charge is 0.353 e. The summed E-state index contributed by atoms with van der Waals surface area (Å²) < 4.78 is 43.7. The van der Waals surface area contributed by atoms with Crippen molar-refractivity contribution < 1.29 is 26.6 Å². The van der Waals surface area contributed by atoms with Crippen LogP contribution >= 0.6 is 0 Å². The molecule has 0 aromatic carbocycles. The fourth-order valence-corrected chi connectivity index (χ4v) is 30.3. The van der Waals surface area contributed by atoms with Gasteiger partial charge in [-0.05, 0) is 78.6 Å². The third kappa shape index (κ3) is 6.66. The minimum absolute atomic E-state index is 0.0113. The Morgan fingerprint density at radius 3 is 0.923 bits per heavy atom. The van der Waals surface area contributed by atoms with E-state index >= 15 is 0 Å². The average Bonchev–Trinajstić information content (AvgIpc) is 3.76. The summed E-state index contributed by atoms with van der Waals surface area (Å²) in [6.45, 7) is 15.8. The summed E-state index contributed by atoms with van der Waals surface area (Å²) in [5, 5.41) is 0. The molecule has 0 aromatic heterocycles. The summed E-state index contributed by atoms with van der Waals surface area (Å²) in [6, 6.07) is 0. The average molecular weight is 601 g/mol. The highest BCUT2D eigenvalue weighted by molar-refractivity contribution is 6.97. The fourth-order valence-electron chi connectivity index (χ4n) is 8.02. The Balaban J connectivity index is 1.90. The number of hydrogen-bond acceptors (Lipinski definition) is 6. The molecule has 1 aliphatic heterocycles. The van der Waals surface area contributed by atoms with Crippen molar-refractivity contribution in [2.75, 3.05) is 19.8 Å². The molecule has 0 aromatic rings. The zero-order valence-electron chi connectivity index (χ0n) is 26.1. The lowest BCUT2D eigenvalue weighted by Crippen LogP contribution is -2.81. The van der Waals surface area contributed by atoms with Crippen LogP contribution in [0.5, 0.6) is 0 Å². The normalized spacial score (nSPS) is 35.5. The summed E-state index contributed by atoms with van der Waals surface area (Å²) in [7, 11) is -8.65. The van der Waals surface area contributed by atoms with Gasteiger partial charge in [-0.2, -0.15) is 0 Å². The first-order valence-electron chi connectivity index (χ1n) is 16.8. The van der Waals surface area contributed by atoms with Gasteiger partial charge in [0.25, 0.3) is 0 Å². The third-order valence-electron chi connectivity index (χ3n) is 10.1. The molecule has 6 nitrogen and oxygen atoms in total. The van der Waals surface area contributed by atoms with E-state index in [4.69, 9.17) is 26.6 Å². The van der Waals surface area contributed by atoms with Gasteiger partial charge in [0.15, 0.2) is 0 Å². The number of ether oxygens (including phenoxy) is 3. The summed E-state index contributed by atoms with van der Waals surface area (Å²) in [5.41, 5.74) is 1.36. The molecule has 0 bridgehead atoms. The van der Waals surface area contributed by atoms with Gasteiger partial charge >= 0.3 is 25.7 Å². The van der Waals surface area contributed by atoms with Crippen LogP contribution in [-0.4, -0.2) is 62.7 Å². The predicted octanol–water partition coefficient (Wildman–Crippen LogP) is 8.27. The largest absolute Gasteiger partial charge is 0.412 e. The van der Waals surface area contributed by atoms with Crippen molar-refractivity contribution >= 4 is 25.7 Å². The van der Waals surface area contributed by atoms with Crippen LogP contribution in [0.1, 0.15) is 138 Å². The van der Waals surface area contributed by atoms with Gasteiger partial charge < -0.3 is 26.6 Å². The maximum Gasteiger partial charge on any atom is 0.353 e. The SMILES string of the molecule is CCCOC(C)[Si]1(C2CCCC2)O[Si](C2CCCC2)(C(C)OCCC)O[Si](C2CCCC2)(C(C)OCCC)O1. The molecule has 1 saturated heterocycles. The molecule has 3 unspecified atom stereocenters. The molecular formula is C30H60O6Si3. The first-order chi connectivity index (χ1) is 18.9. The van der Waals surface area contributed by atoms with Crippen LogP contribution in [0.4, 0.5) is 0 Å². The molecular weight excluding hydrogens is 541 g/mol. The molecule has 3 saturated carbocycles. The van der Waals surface area contributed by atoms with Crippen LogP contribution < -0.4 is 0 Å². The van der Waals surface area contributed by atoms with Crippen LogP contribution in [0.15, 0.2) is 0 Å². The third-order valence-corrected chi connectivity index (χ3v) is 26.8. The van der Waals surface area contributed by atoms with Crippen LogP contribution in [0.25, 0.3) is 0 Å². The van der Waals surface area contributed by atoms with Crippen molar-refractivity contribution in [3.8, 4) is 0 Å². The minimum atomic E-state index is -2.88. The van der Waals surface area contributed by atoms with Gasteiger partial charge in [-0.25, -0.2) is 0 Å². The summed E-state index contributed by atoms with van der Waals surface area (Å²) in [5.74, 6) is 0. The molecule has 39 heavy (non-hydrogen) atoms. The van der Waals surface area contributed by atoms with Gasteiger partial charge in [-0.1, -0.05) is 59.3 Å². The standard InChI is InChI=1S/C30H60O6Si3/c1-7-22-31-25(4)37(28-16-10-11-17-28)34-38(26(5)32-23-8-2,29-18-12-13-19-29)36-39(35-37,27(6)33-24-9-3)30-20-14-15-21-30/h25-30H,7-24H2,1-6H3. The lowest BCUT2D eigenvalue weighted by molar-refractivity contribution is 0.0193. The summed E-state index contributed by atoms with van der Waals surface area (Å²) >= 11 is 0. The van der Waals surface area contributed by atoms with Gasteiger partial charge in [0.05, 0.1) is 17.2 Å². The molecule has 0 N–H and O–H groups in total. The summed E-state index contributed by atoms with van der Waals surface area (Å²) in [6.07, 6.45) is 17.9. The molecule has 228 valence electrons. The first-order valence-corrected chi connectivity index (χ1v) is 22.7. The Kier molecular flexibility index (Phi) is 12.2. The highest BCUT2D eigenvalue weighted by Gasteiger charge is 2.74. The van der Waals surface area contributed by atoms with Gasteiger partial charge in [-0.3, -0.25) is 0 Å². The molecule has 0 amide bonds. The van der Waals surface area contributed by atoms with E-state index in [1.54, 1.807) is 0 Å². The lowest BCUT2D eigenvalue weighted by Gasteiger charge is -2.61. The van der Waals surface area contributed by atoms with Crippen molar-refractivity contribution in [1.82, 2.24) is 0 Å². The lowest BCUT2D eigenvalue weighted by atomic mass is 10.4. The predicted molar refractivity (Wildman–Crippen MR) is 164 cm³/mol. The van der Waals surface area contributed by atoms with E-state index in [1.165, 1.54) is 77.0 Å². The Bertz CT molecular complexity index is 622. The topological polar surface area (TPSA) is 55.4 Å². The molecule has 4 fully saturated rings. The maximum absolute atomic E-state index is 7.88. The zero-order chi connectivity index (χ0) is 27.9. The quantitative estimate of drug-likeness (QED) is 0.176. The Morgan fingerprint density at radius 2 is 0.718 bits per heavy atom. The van der Waals surface area contributed by atoms with E-state index < -0.39 is 25.7 Å². The molecule has 4 aliphatic rings. The second kappa shape index (κ2) is 14.7. The van der Waals surface area contributed by atoms with Crippen molar-refractivity contribution in [3.05, 3.63) is 0 Å². The number of hydrogen-bond donors (Lipinski definition) is 0. The van der Waals surface area contributed by atoms with E-state index in [-0.39, 0.29) is 17.2 Å². The molecule has 3 aliphatic carbocycles. The first kappa shape index (κ1) is 32.3. The van der Waals surface area contributed by atoms with Crippen molar-refractivity contribution in [2.45, 2.75) is 172 Å². The molecule has 0 spiro atoms. The molecule has 4 rings (SSSR count). The van der Waals surface area contributed by atoms with Gasteiger partial charge in [0.2, 0.25) is 0 Å². The number of rotatable bonds is 15. The summed E-state index contributed by atoms with van der Waals surface area (Å²) in [4.78, 5) is 0. The minimum Gasteiger partial charge on any atom is -0.412 e. The highest BCUT2D eigenvalue weighted by Crippen LogP contribution is 2.57. The van der Waals surface area contributed by atoms with Gasteiger partial charge in [0, 0.05) is 36.4 Å². The Hall–Kier alpha value is 0.411. The fraction of sp³-hybridized carbons (Fsp3) is 1.00. The van der Waals surface area contributed by atoms with Crippen molar-refractivity contribution in [1.29, 1.82) is 0 Å². The second-order valence-corrected chi connectivity index (χ2v) is 24.6. The van der Waals surface area contributed by atoms with Crippen LogP contribution in [0.2, 0.25) is 16.6 Å².